The molecule has 1 fully saturated rings. The highest BCUT2D eigenvalue weighted by molar-refractivity contribution is 5.69. The largest absolute Gasteiger partial charge is 0.465 e. The average molecular weight is 336 g/mol. The summed E-state index contributed by atoms with van der Waals surface area (Å²) in [6.07, 6.45) is -3.20. The third-order valence-corrected chi connectivity index (χ3v) is 3.98. The lowest BCUT2D eigenvalue weighted by Crippen LogP contribution is -2.44. The molecule has 1 heterocycles. The van der Waals surface area contributed by atoms with Gasteiger partial charge < -0.3 is 25.2 Å². The van der Waals surface area contributed by atoms with Gasteiger partial charge in [0, 0.05) is 12.0 Å². The molecule has 7 heteroatoms. The molecule has 1 aliphatic rings. The Labute approximate surface area is 141 Å². The van der Waals surface area contributed by atoms with E-state index >= 15 is 0 Å². The van der Waals surface area contributed by atoms with Crippen LogP contribution in [0, 0.1) is 5.41 Å². The number of ether oxygens (including phenoxy) is 1. The molecule has 2 rings (SSSR count). The number of hydrogen-bond donors (Lipinski definition) is 3. The van der Waals surface area contributed by atoms with Crippen molar-refractivity contribution in [2.45, 2.75) is 39.0 Å². The number of carbonyl (C=O) groups is 2. The Bertz CT molecular complexity index is 584. The van der Waals surface area contributed by atoms with E-state index in [4.69, 9.17) is 9.84 Å². The van der Waals surface area contributed by atoms with Crippen LogP contribution in [0.3, 0.4) is 0 Å². The van der Waals surface area contributed by atoms with Crippen molar-refractivity contribution in [1.29, 1.82) is 0 Å². The fraction of sp³-hybridized carbons (Fsp3) is 0.529. The van der Waals surface area contributed by atoms with Crippen molar-refractivity contribution >= 4 is 12.2 Å². The van der Waals surface area contributed by atoms with Crippen LogP contribution in [0.1, 0.15) is 32.4 Å². The van der Waals surface area contributed by atoms with Crippen molar-refractivity contribution in [3.8, 4) is 0 Å². The number of aliphatic hydroxyl groups is 1. The van der Waals surface area contributed by atoms with Crippen molar-refractivity contribution in [2.24, 2.45) is 5.41 Å². The maximum Gasteiger partial charge on any atom is 0.408 e. The van der Waals surface area contributed by atoms with Gasteiger partial charge in [0.2, 0.25) is 0 Å². The highest BCUT2D eigenvalue weighted by Crippen LogP contribution is 2.36. The van der Waals surface area contributed by atoms with Crippen LogP contribution in [0.5, 0.6) is 0 Å². The van der Waals surface area contributed by atoms with Gasteiger partial charge in [-0.05, 0) is 5.56 Å². The third kappa shape index (κ3) is 4.38. The van der Waals surface area contributed by atoms with Crippen LogP contribution in [0.15, 0.2) is 30.3 Å². The number of alkyl carbamates (subject to hydrolysis) is 1. The van der Waals surface area contributed by atoms with E-state index in [1.165, 1.54) is 0 Å². The molecule has 7 nitrogen and oxygen atoms in total. The molecule has 1 aliphatic heterocycles. The van der Waals surface area contributed by atoms with Crippen molar-refractivity contribution in [3.63, 3.8) is 0 Å². The highest BCUT2D eigenvalue weighted by Gasteiger charge is 2.36. The molecule has 2 amide bonds. The summed E-state index contributed by atoms with van der Waals surface area (Å²) >= 11 is 0. The molecule has 24 heavy (non-hydrogen) atoms. The van der Waals surface area contributed by atoms with Crippen LogP contribution in [0.25, 0.3) is 0 Å². The van der Waals surface area contributed by atoms with Crippen molar-refractivity contribution in [3.05, 3.63) is 35.9 Å². The number of aliphatic hydroxyl groups excluding tert-OH is 1. The number of carboxylic acid groups (broad SMARTS) is 1. The second-order valence-electron chi connectivity index (χ2n) is 7.07. The van der Waals surface area contributed by atoms with Crippen molar-refractivity contribution in [2.75, 3.05) is 13.1 Å². The Kier molecular flexibility index (Phi) is 5.33. The Hall–Kier alpha value is -2.28. The van der Waals surface area contributed by atoms with E-state index in [9.17, 15) is 14.7 Å². The van der Waals surface area contributed by atoms with Crippen molar-refractivity contribution in [1.82, 2.24) is 10.2 Å². The zero-order valence-corrected chi connectivity index (χ0v) is 14.1. The van der Waals surface area contributed by atoms with Crippen LogP contribution in [-0.2, 0) is 4.74 Å². The van der Waals surface area contributed by atoms with Gasteiger partial charge in [0.1, 0.15) is 6.10 Å². The smallest absolute Gasteiger partial charge is 0.408 e. The van der Waals surface area contributed by atoms with Gasteiger partial charge in [0.15, 0.2) is 0 Å². The van der Waals surface area contributed by atoms with E-state index in [0.29, 0.717) is 0 Å². The van der Waals surface area contributed by atoms with Crippen LogP contribution < -0.4 is 5.32 Å². The monoisotopic (exact) mass is 336 g/mol. The van der Waals surface area contributed by atoms with Gasteiger partial charge in [-0.25, -0.2) is 9.59 Å². The molecule has 1 unspecified atom stereocenters. The molecule has 1 saturated heterocycles. The maximum atomic E-state index is 12.2. The van der Waals surface area contributed by atoms with E-state index in [1.54, 1.807) is 0 Å². The van der Waals surface area contributed by atoms with E-state index in [-0.39, 0.29) is 18.5 Å². The molecule has 0 radical (unpaired) electrons. The zero-order chi connectivity index (χ0) is 17.9. The Morgan fingerprint density at radius 3 is 2.38 bits per heavy atom. The first kappa shape index (κ1) is 18.1. The second-order valence-corrected chi connectivity index (χ2v) is 7.07. The van der Waals surface area contributed by atoms with Gasteiger partial charge in [0.05, 0.1) is 18.7 Å². The fourth-order valence-corrected chi connectivity index (χ4v) is 2.75. The first-order valence-corrected chi connectivity index (χ1v) is 7.86. The molecule has 0 saturated carbocycles. The zero-order valence-electron chi connectivity index (χ0n) is 14.1. The molecular weight excluding hydrogens is 312 g/mol. The standard InChI is InChI=1S/C17H24N2O5/c1-17(2,3)14(11-7-5-4-6-8-11)24-15(21)18-12-9-19(16(22)23)10-13(12)20/h4-8,12-14,20H,9-10H2,1-3H3,(H,18,21)(H,22,23)/t12-,13-,14?/m1/s1. The van der Waals surface area contributed by atoms with Gasteiger partial charge in [-0.2, -0.15) is 0 Å². The number of amides is 2. The molecule has 0 aliphatic carbocycles. The number of likely N-dealkylation sites (tertiary alicyclic amines) is 1. The Morgan fingerprint density at radius 2 is 1.88 bits per heavy atom. The first-order chi connectivity index (χ1) is 11.2. The number of carbonyl (C=O) groups excluding carboxylic acids is 1. The Balaban J connectivity index is 2.03. The van der Waals surface area contributed by atoms with Crippen LogP contribution >= 0.6 is 0 Å². The number of rotatable bonds is 3. The topological polar surface area (TPSA) is 99.1 Å². The third-order valence-electron chi connectivity index (χ3n) is 3.98. The van der Waals surface area contributed by atoms with Gasteiger partial charge in [-0.15, -0.1) is 0 Å². The van der Waals surface area contributed by atoms with E-state index in [2.05, 4.69) is 5.32 Å². The van der Waals surface area contributed by atoms with Gasteiger partial charge >= 0.3 is 12.2 Å². The summed E-state index contributed by atoms with van der Waals surface area (Å²) in [5.41, 5.74) is 0.555. The molecule has 0 spiro atoms. The van der Waals surface area contributed by atoms with Gasteiger partial charge in [-0.1, -0.05) is 51.1 Å². The predicted octanol–water partition coefficient (Wildman–Crippen LogP) is 2.22. The lowest BCUT2D eigenvalue weighted by Gasteiger charge is -2.31. The minimum atomic E-state index is -1.12. The summed E-state index contributed by atoms with van der Waals surface area (Å²) in [4.78, 5) is 24.2. The van der Waals surface area contributed by atoms with Gasteiger partial charge in [-0.3, -0.25) is 0 Å². The van der Waals surface area contributed by atoms with Crippen molar-refractivity contribution < 1.29 is 24.5 Å². The van der Waals surface area contributed by atoms with Crippen LogP contribution in [-0.4, -0.2) is 52.5 Å². The average Bonchev–Trinajstić information content (AvgIpc) is 2.86. The maximum absolute atomic E-state index is 12.2. The number of β-amino-alcohol motifs (C(OH)–C–C–N with tert-alkyl or cyclic N) is 1. The minimum Gasteiger partial charge on any atom is -0.465 e. The highest BCUT2D eigenvalue weighted by atomic mass is 16.6. The van der Waals surface area contributed by atoms with Crippen LogP contribution in [0.4, 0.5) is 9.59 Å². The molecule has 3 N–H and O–H groups in total. The minimum absolute atomic E-state index is 0.0261. The summed E-state index contributed by atoms with van der Waals surface area (Å²) < 4.78 is 5.58. The summed E-state index contributed by atoms with van der Waals surface area (Å²) in [5.74, 6) is 0. The Morgan fingerprint density at radius 1 is 1.25 bits per heavy atom. The van der Waals surface area contributed by atoms with Crippen LogP contribution in [0.2, 0.25) is 0 Å². The molecular formula is C17H24N2O5. The lowest BCUT2D eigenvalue weighted by molar-refractivity contribution is 0.0259. The van der Waals surface area contributed by atoms with E-state index in [1.807, 2.05) is 51.1 Å². The molecule has 1 aromatic carbocycles. The fourth-order valence-electron chi connectivity index (χ4n) is 2.75. The predicted molar refractivity (Wildman–Crippen MR) is 87.6 cm³/mol. The SMILES string of the molecule is CC(C)(C)C(OC(=O)N[C@@H]1CN(C(=O)O)C[C@H]1O)c1ccccc1. The quantitative estimate of drug-likeness (QED) is 0.786. The molecule has 3 atom stereocenters. The lowest BCUT2D eigenvalue weighted by atomic mass is 9.84. The summed E-state index contributed by atoms with van der Waals surface area (Å²) in [7, 11) is 0. The molecule has 0 aromatic heterocycles. The number of hydrogen-bond acceptors (Lipinski definition) is 4. The molecule has 0 bridgehead atoms. The van der Waals surface area contributed by atoms with Gasteiger partial charge in [0.25, 0.3) is 0 Å². The molecule has 1 aromatic rings. The molecule has 132 valence electrons. The van der Waals surface area contributed by atoms with E-state index < -0.39 is 30.4 Å². The second kappa shape index (κ2) is 7.09. The van der Waals surface area contributed by atoms with E-state index in [0.717, 1.165) is 10.5 Å². The summed E-state index contributed by atoms with van der Waals surface area (Å²) in [6.45, 7) is 5.91. The first-order valence-electron chi connectivity index (χ1n) is 7.86. The number of benzene rings is 1. The summed E-state index contributed by atoms with van der Waals surface area (Å²) in [6, 6.07) is 8.74. The normalized spacial score (nSPS) is 22.1. The number of nitrogens with one attached hydrogen (secondary N) is 1. The number of nitrogens with zero attached hydrogens (tertiary/aromatic N) is 1. The summed E-state index contributed by atoms with van der Waals surface area (Å²) in [5, 5.41) is 21.4.